The van der Waals surface area contributed by atoms with E-state index in [2.05, 4.69) is 46.0 Å². The van der Waals surface area contributed by atoms with Crippen LogP contribution >= 0.6 is 0 Å². The van der Waals surface area contributed by atoms with Gasteiger partial charge in [0.2, 0.25) is 11.8 Å². The molecule has 2 aliphatic rings. The van der Waals surface area contributed by atoms with Crippen LogP contribution in [0.2, 0.25) is 0 Å². The molecule has 1 aliphatic heterocycles. The van der Waals surface area contributed by atoms with E-state index in [-0.39, 0.29) is 17.9 Å². The highest BCUT2D eigenvalue weighted by Gasteiger charge is 2.27. The molecule has 0 radical (unpaired) electrons. The number of nitrogens with zero attached hydrogens (tertiary/aromatic N) is 4. The second-order valence-electron chi connectivity index (χ2n) is 7.68. The van der Waals surface area contributed by atoms with Gasteiger partial charge >= 0.3 is 0 Å². The van der Waals surface area contributed by atoms with Crippen LogP contribution in [0.5, 0.6) is 0 Å². The average molecular weight is 349 g/mol. The number of piperazine rings is 1. The van der Waals surface area contributed by atoms with Gasteiger partial charge in [-0.3, -0.25) is 14.6 Å². The van der Waals surface area contributed by atoms with E-state index in [1.54, 1.807) is 0 Å². The molecule has 140 valence electrons. The molecular weight excluding hydrogens is 318 g/mol. The van der Waals surface area contributed by atoms with Gasteiger partial charge in [-0.25, -0.2) is 0 Å². The van der Waals surface area contributed by atoms with E-state index in [9.17, 15) is 4.79 Å². The van der Waals surface area contributed by atoms with E-state index in [0.717, 1.165) is 44.8 Å². The van der Waals surface area contributed by atoms with E-state index in [4.69, 9.17) is 4.52 Å². The third-order valence-electron chi connectivity index (χ3n) is 5.37. The molecule has 1 amide bonds. The van der Waals surface area contributed by atoms with Crippen LogP contribution in [0.3, 0.4) is 0 Å². The Labute approximate surface area is 150 Å². The Bertz CT molecular complexity index is 560. The molecule has 7 nitrogen and oxygen atoms in total. The van der Waals surface area contributed by atoms with Crippen LogP contribution < -0.4 is 5.32 Å². The zero-order chi connectivity index (χ0) is 17.8. The summed E-state index contributed by atoms with van der Waals surface area (Å²) in [4.78, 5) is 21.3. The minimum Gasteiger partial charge on any atom is -0.352 e. The summed E-state index contributed by atoms with van der Waals surface area (Å²) in [5.74, 6) is 1.91. The predicted octanol–water partition coefficient (Wildman–Crippen LogP) is 1.93. The van der Waals surface area contributed by atoms with Gasteiger partial charge in [0.05, 0.1) is 12.6 Å². The quantitative estimate of drug-likeness (QED) is 0.846. The number of carbonyl (C=O) groups is 1. The topological polar surface area (TPSA) is 74.5 Å². The molecule has 2 heterocycles. The third-order valence-corrected chi connectivity index (χ3v) is 5.37. The predicted molar refractivity (Wildman–Crippen MR) is 95.2 cm³/mol. The van der Waals surface area contributed by atoms with Crippen LogP contribution in [0.1, 0.15) is 70.1 Å². The van der Waals surface area contributed by atoms with Crippen molar-refractivity contribution in [2.45, 2.75) is 64.5 Å². The number of amides is 1. The molecule has 1 N–H and O–H groups in total. The summed E-state index contributed by atoms with van der Waals surface area (Å²) in [6.45, 7) is 10.4. The summed E-state index contributed by atoms with van der Waals surface area (Å²) in [7, 11) is 0. The maximum atomic E-state index is 12.2. The van der Waals surface area contributed by atoms with Crippen LogP contribution in [0.4, 0.5) is 0 Å². The van der Waals surface area contributed by atoms with Crippen molar-refractivity contribution in [1.82, 2.24) is 25.3 Å². The molecule has 1 aromatic rings. The number of hydrogen-bond donors (Lipinski definition) is 1. The maximum Gasteiger partial charge on any atom is 0.243 e. The molecule has 25 heavy (non-hydrogen) atoms. The Morgan fingerprint density at radius 2 is 1.88 bits per heavy atom. The largest absolute Gasteiger partial charge is 0.352 e. The molecule has 1 aromatic heterocycles. The van der Waals surface area contributed by atoms with Crippen LogP contribution in [-0.4, -0.2) is 64.6 Å². The normalized spacial score (nSPS) is 21.8. The molecule has 0 unspecified atom stereocenters. The number of rotatable bonds is 6. The van der Waals surface area contributed by atoms with E-state index >= 15 is 0 Å². The summed E-state index contributed by atoms with van der Waals surface area (Å²) in [6.07, 6.45) is 4.77. The van der Waals surface area contributed by atoms with Gasteiger partial charge in [-0.15, -0.1) is 0 Å². The number of nitrogens with one attached hydrogen (secondary N) is 1. The van der Waals surface area contributed by atoms with E-state index in [0.29, 0.717) is 18.5 Å². The first-order valence-electron chi connectivity index (χ1n) is 9.62. The van der Waals surface area contributed by atoms with Gasteiger partial charge in [-0.2, -0.15) is 4.98 Å². The van der Waals surface area contributed by atoms with Crippen molar-refractivity contribution in [3.63, 3.8) is 0 Å². The molecule has 1 aliphatic carbocycles. The van der Waals surface area contributed by atoms with Gasteiger partial charge < -0.3 is 9.84 Å². The van der Waals surface area contributed by atoms with Gasteiger partial charge in [0.1, 0.15) is 0 Å². The minimum atomic E-state index is 0.120. The summed E-state index contributed by atoms with van der Waals surface area (Å²) < 4.78 is 5.43. The molecule has 0 bridgehead atoms. The summed E-state index contributed by atoms with van der Waals surface area (Å²) in [5, 5.41) is 7.23. The van der Waals surface area contributed by atoms with Crippen molar-refractivity contribution in [2.24, 2.45) is 0 Å². The van der Waals surface area contributed by atoms with E-state index in [1.165, 1.54) is 12.8 Å². The molecule has 3 rings (SSSR count). The first-order chi connectivity index (χ1) is 12.0. The fourth-order valence-corrected chi connectivity index (χ4v) is 3.66. The highest BCUT2D eigenvalue weighted by Crippen LogP contribution is 2.22. The molecule has 1 saturated carbocycles. The van der Waals surface area contributed by atoms with Gasteiger partial charge in [0.15, 0.2) is 5.82 Å². The highest BCUT2D eigenvalue weighted by atomic mass is 16.5. The molecule has 0 spiro atoms. The Morgan fingerprint density at radius 3 is 2.48 bits per heavy atom. The summed E-state index contributed by atoms with van der Waals surface area (Å²) in [5.41, 5.74) is 0. The SMILES string of the molecule is CC(C)c1noc([C@H](C)N2CCN(CC(=O)NC3CCCC3)CC2)n1. The van der Waals surface area contributed by atoms with Crippen LogP contribution in [0, 0.1) is 0 Å². The van der Waals surface area contributed by atoms with Crippen molar-refractivity contribution in [2.75, 3.05) is 32.7 Å². The van der Waals surface area contributed by atoms with Gasteiger partial charge in [-0.05, 0) is 19.8 Å². The number of carbonyl (C=O) groups excluding carboxylic acids is 1. The lowest BCUT2D eigenvalue weighted by Crippen LogP contribution is -2.50. The molecular formula is C18H31N5O2. The molecule has 1 saturated heterocycles. The lowest BCUT2D eigenvalue weighted by Gasteiger charge is -2.36. The van der Waals surface area contributed by atoms with Gasteiger partial charge in [0.25, 0.3) is 0 Å². The lowest BCUT2D eigenvalue weighted by atomic mass is 10.2. The number of hydrogen-bond acceptors (Lipinski definition) is 6. The van der Waals surface area contributed by atoms with Crippen molar-refractivity contribution < 1.29 is 9.32 Å². The Balaban J connectivity index is 1.43. The zero-order valence-electron chi connectivity index (χ0n) is 15.7. The zero-order valence-corrected chi connectivity index (χ0v) is 15.7. The molecule has 2 fully saturated rings. The highest BCUT2D eigenvalue weighted by molar-refractivity contribution is 5.78. The van der Waals surface area contributed by atoms with Crippen molar-refractivity contribution >= 4 is 5.91 Å². The van der Waals surface area contributed by atoms with Crippen molar-refractivity contribution in [3.8, 4) is 0 Å². The second-order valence-corrected chi connectivity index (χ2v) is 7.68. The van der Waals surface area contributed by atoms with Gasteiger partial charge in [0, 0.05) is 38.1 Å². The molecule has 7 heteroatoms. The molecule has 0 aromatic carbocycles. The minimum absolute atomic E-state index is 0.120. The maximum absolute atomic E-state index is 12.2. The van der Waals surface area contributed by atoms with Crippen LogP contribution in [-0.2, 0) is 4.79 Å². The Hall–Kier alpha value is -1.47. The fourth-order valence-electron chi connectivity index (χ4n) is 3.66. The first-order valence-corrected chi connectivity index (χ1v) is 9.62. The van der Waals surface area contributed by atoms with Crippen LogP contribution in [0.25, 0.3) is 0 Å². The standard InChI is InChI=1S/C18H31N5O2/c1-13(2)17-20-18(25-21-17)14(3)23-10-8-22(9-11-23)12-16(24)19-15-6-4-5-7-15/h13-15H,4-12H2,1-3H3,(H,19,24)/t14-/m0/s1. The van der Waals surface area contributed by atoms with Gasteiger partial charge in [-0.1, -0.05) is 31.8 Å². The Kier molecular flexibility index (Phi) is 6.06. The average Bonchev–Trinajstić information content (AvgIpc) is 3.26. The van der Waals surface area contributed by atoms with E-state index < -0.39 is 0 Å². The number of aromatic nitrogens is 2. The second kappa shape index (κ2) is 8.27. The van der Waals surface area contributed by atoms with E-state index in [1.807, 2.05) is 0 Å². The smallest absolute Gasteiger partial charge is 0.243 e. The summed E-state index contributed by atoms with van der Waals surface area (Å²) in [6, 6.07) is 0.524. The first kappa shape index (κ1) is 18.3. The lowest BCUT2D eigenvalue weighted by molar-refractivity contribution is -0.123. The summed E-state index contributed by atoms with van der Waals surface area (Å²) >= 11 is 0. The monoisotopic (exact) mass is 349 g/mol. The molecule has 1 atom stereocenters. The Morgan fingerprint density at radius 1 is 1.20 bits per heavy atom. The van der Waals surface area contributed by atoms with Crippen molar-refractivity contribution in [3.05, 3.63) is 11.7 Å². The van der Waals surface area contributed by atoms with Crippen LogP contribution in [0.15, 0.2) is 4.52 Å². The third kappa shape index (κ3) is 4.79. The fraction of sp³-hybridized carbons (Fsp3) is 0.833. The van der Waals surface area contributed by atoms with Crippen molar-refractivity contribution in [1.29, 1.82) is 0 Å².